The third kappa shape index (κ3) is 3.06. The minimum Gasteiger partial charge on any atom is -0.378 e. The zero-order chi connectivity index (χ0) is 14.7. The van der Waals surface area contributed by atoms with Crippen molar-refractivity contribution in [3.8, 4) is 0 Å². The number of hydrogen-bond acceptors (Lipinski definition) is 7. The van der Waals surface area contributed by atoms with Gasteiger partial charge in [-0.2, -0.15) is 4.98 Å². The summed E-state index contributed by atoms with van der Waals surface area (Å²) in [6, 6.07) is 6.50. The maximum atomic E-state index is 10.8. The van der Waals surface area contributed by atoms with Crippen LogP contribution in [0.2, 0.25) is 0 Å². The second-order valence-corrected chi connectivity index (χ2v) is 4.77. The lowest BCUT2D eigenvalue weighted by atomic mass is 10.1. The molecule has 0 saturated carbocycles. The number of nitrogens with zero attached hydrogens (tertiary/aromatic N) is 4. The van der Waals surface area contributed by atoms with Gasteiger partial charge >= 0.3 is 0 Å². The molecule has 0 amide bonds. The van der Waals surface area contributed by atoms with E-state index in [4.69, 9.17) is 9.26 Å². The van der Waals surface area contributed by atoms with Crippen molar-refractivity contribution in [3.05, 3.63) is 52.2 Å². The van der Waals surface area contributed by atoms with Crippen LogP contribution in [-0.2, 0) is 11.3 Å². The van der Waals surface area contributed by atoms with E-state index in [1.807, 2.05) is 6.07 Å². The molecule has 8 nitrogen and oxygen atoms in total. The number of ether oxygens (including phenoxy) is 1. The monoisotopic (exact) mass is 290 g/mol. The molecule has 1 aliphatic heterocycles. The summed E-state index contributed by atoms with van der Waals surface area (Å²) >= 11 is 0. The second kappa shape index (κ2) is 5.98. The molecule has 2 heterocycles. The average Bonchev–Trinajstić information content (AvgIpc) is 3.02. The Morgan fingerprint density at radius 2 is 2.38 bits per heavy atom. The lowest BCUT2D eigenvalue weighted by Gasteiger charge is -2.33. The molecule has 1 saturated heterocycles. The van der Waals surface area contributed by atoms with Crippen LogP contribution in [0.5, 0.6) is 0 Å². The first-order chi connectivity index (χ1) is 10.2. The third-order valence-corrected chi connectivity index (χ3v) is 3.41. The Bertz CT molecular complexity index is 616. The lowest BCUT2D eigenvalue weighted by molar-refractivity contribution is -0.384. The summed E-state index contributed by atoms with van der Waals surface area (Å²) in [5.41, 5.74) is 0.964. The van der Waals surface area contributed by atoms with Crippen molar-refractivity contribution in [1.29, 1.82) is 0 Å². The molecule has 0 radical (unpaired) electrons. The molecule has 0 unspecified atom stereocenters. The number of morpholine rings is 1. The highest BCUT2D eigenvalue weighted by atomic mass is 16.6. The first-order valence-corrected chi connectivity index (χ1v) is 6.56. The van der Waals surface area contributed by atoms with Crippen molar-refractivity contribution in [2.45, 2.75) is 12.6 Å². The van der Waals surface area contributed by atoms with Crippen molar-refractivity contribution >= 4 is 5.69 Å². The van der Waals surface area contributed by atoms with Crippen LogP contribution in [0, 0.1) is 10.1 Å². The first kappa shape index (κ1) is 13.7. The first-order valence-electron chi connectivity index (χ1n) is 6.56. The molecule has 21 heavy (non-hydrogen) atoms. The molecule has 1 fully saturated rings. The van der Waals surface area contributed by atoms with Crippen LogP contribution in [0.15, 0.2) is 35.1 Å². The standard InChI is InChI=1S/C13H14N4O4/c18-17(19)11-3-1-2-10(6-11)7-16-4-5-20-8-12(16)13-14-9-15-21-13/h1-3,6,9,12H,4-5,7-8H2/t12-/m1/s1. The molecule has 0 bridgehead atoms. The Hall–Kier alpha value is -2.32. The lowest BCUT2D eigenvalue weighted by Crippen LogP contribution is -2.39. The van der Waals surface area contributed by atoms with Crippen LogP contribution in [-0.4, -0.2) is 39.7 Å². The van der Waals surface area contributed by atoms with Crippen LogP contribution < -0.4 is 0 Å². The highest BCUT2D eigenvalue weighted by molar-refractivity contribution is 5.34. The predicted molar refractivity (Wildman–Crippen MR) is 71.4 cm³/mol. The Morgan fingerprint density at radius 3 is 3.14 bits per heavy atom. The van der Waals surface area contributed by atoms with E-state index in [-0.39, 0.29) is 11.7 Å². The van der Waals surface area contributed by atoms with Gasteiger partial charge in [-0.1, -0.05) is 17.3 Å². The molecule has 1 atom stereocenters. The molecule has 110 valence electrons. The number of nitro benzene ring substituents is 1. The van der Waals surface area contributed by atoms with Crippen LogP contribution in [0.3, 0.4) is 0 Å². The highest BCUT2D eigenvalue weighted by Crippen LogP contribution is 2.25. The Kier molecular flexibility index (Phi) is 3.89. The predicted octanol–water partition coefficient (Wildman–Crippen LogP) is 1.55. The summed E-state index contributed by atoms with van der Waals surface area (Å²) in [7, 11) is 0. The Balaban J connectivity index is 1.78. The smallest absolute Gasteiger partial charge is 0.269 e. The number of non-ortho nitro benzene ring substituents is 1. The minimum atomic E-state index is -0.391. The number of rotatable bonds is 4. The van der Waals surface area contributed by atoms with Crippen LogP contribution in [0.4, 0.5) is 5.69 Å². The quantitative estimate of drug-likeness (QED) is 0.622. The molecule has 3 rings (SSSR count). The molecule has 8 heteroatoms. The van der Waals surface area contributed by atoms with Gasteiger partial charge in [0, 0.05) is 25.2 Å². The fraction of sp³-hybridized carbons (Fsp3) is 0.385. The van der Waals surface area contributed by atoms with E-state index in [2.05, 4.69) is 15.0 Å². The summed E-state index contributed by atoms with van der Waals surface area (Å²) in [6.45, 7) is 2.35. The highest BCUT2D eigenvalue weighted by Gasteiger charge is 2.28. The van der Waals surface area contributed by atoms with Crippen molar-refractivity contribution in [1.82, 2.24) is 15.0 Å². The van der Waals surface area contributed by atoms with E-state index >= 15 is 0 Å². The molecule has 0 aliphatic carbocycles. The normalized spacial score (nSPS) is 19.5. The van der Waals surface area contributed by atoms with Gasteiger partial charge in [0.25, 0.3) is 5.69 Å². The van der Waals surface area contributed by atoms with Crippen LogP contribution in [0.1, 0.15) is 17.5 Å². The average molecular weight is 290 g/mol. The van der Waals surface area contributed by atoms with Crippen molar-refractivity contribution in [2.75, 3.05) is 19.8 Å². The van der Waals surface area contributed by atoms with Crippen LogP contribution in [0.25, 0.3) is 0 Å². The minimum absolute atomic E-state index is 0.0927. The molecule has 1 aromatic heterocycles. The molecular formula is C13H14N4O4. The van der Waals surface area contributed by atoms with Gasteiger partial charge < -0.3 is 9.26 Å². The van der Waals surface area contributed by atoms with E-state index in [1.165, 1.54) is 12.4 Å². The van der Waals surface area contributed by atoms with Crippen LogP contribution >= 0.6 is 0 Å². The van der Waals surface area contributed by atoms with Gasteiger partial charge in [-0.05, 0) is 5.56 Å². The summed E-state index contributed by atoms with van der Waals surface area (Å²) in [6.07, 6.45) is 1.36. The zero-order valence-corrected chi connectivity index (χ0v) is 11.2. The van der Waals surface area contributed by atoms with E-state index in [9.17, 15) is 10.1 Å². The van der Waals surface area contributed by atoms with Gasteiger partial charge in [0.1, 0.15) is 6.04 Å². The third-order valence-electron chi connectivity index (χ3n) is 3.41. The van der Waals surface area contributed by atoms with Crippen molar-refractivity contribution < 1.29 is 14.2 Å². The van der Waals surface area contributed by atoms with Gasteiger partial charge in [0.05, 0.1) is 18.1 Å². The molecule has 1 aromatic carbocycles. The summed E-state index contributed by atoms with van der Waals surface area (Å²) < 4.78 is 10.6. The van der Waals surface area contributed by atoms with Gasteiger partial charge in [0.15, 0.2) is 6.33 Å². The SMILES string of the molecule is O=[N+]([O-])c1cccc(CN2CCOC[C@@H]2c2ncno2)c1. The number of benzene rings is 1. The molecular weight excluding hydrogens is 276 g/mol. The summed E-state index contributed by atoms with van der Waals surface area (Å²) in [5, 5.41) is 14.5. The van der Waals surface area contributed by atoms with Gasteiger partial charge in [-0.15, -0.1) is 0 Å². The maximum absolute atomic E-state index is 10.8. The summed E-state index contributed by atoms with van der Waals surface area (Å²) in [4.78, 5) is 16.6. The maximum Gasteiger partial charge on any atom is 0.269 e. The van der Waals surface area contributed by atoms with Gasteiger partial charge in [-0.25, -0.2) is 0 Å². The number of aromatic nitrogens is 2. The molecule has 0 spiro atoms. The van der Waals surface area contributed by atoms with E-state index in [0.29, 0.717) is 32.2 Å². The zero-order valence-electron chi connectivity index (χ0n) is 11.2. The van der Waals surface area contributed by atoms with E-state index in [1.54, 1.807) is 12.1 Å². The molecule has 2 aromatic rings. The fourth-order valence-corrected chi connectivity index (χ4v) is 2.39. The number of nitro groups is 1. The number of hydrogen-bond donors (Lipinski definition) is 0. The van der Waals surface area contributed by atoms with E-state index < -0.39 is 4.92 Å². The van der Waals surface area contributed by atoms with Crippen molar-refractivity contribution in [2.24, 2.45) is 0 Å². The van der Waals surface area contributed by atoms with Gasteiger partial charge in [0.2, 0.25) is 5.89 Å². The Morgan fingerprint density at radius 1 is 1.48 bits per heavy atom. The second-order valence-electron chi connectivity index (χ2n) is 4.77. The van der Waals surface area contributed by atoms with Gasteiger partial charge in [-0.3, -0.25) is 15.0 Å². The fourth-order valence-electron chi connectivity index (χ4n) is 2.39. The van der Waals surface area contributed by atoms with E-state index in [0.717, 1.165) is 5.56 Å². The largest absolute Gasteiger partial charge is 0.378 e. The Labute approximate surface area is 120 Å². The summed E-state index contributed by atoms with van der Waals surface area (Å²) in [5.74, 6) is 0.500. The van der Waals surface area contributed by atoms with Crippen molar-refractivity contribution in [3.63, 3.8) is 0 Å². The molecule has 1 aliphatic rings. The topological polar surface area (TPSA) is 94.5 Å². The molecule has 0 N–H and O–H groups in total.